The molecule has 1 aromatic rings. The van der Waals surface area contributed by atoms with Gasteiger partial charge in [0.1, 0.15) is 6.07 Å². The number of pyridine rings is 1. The molecule has 0 saturated heterocycles. The smallest absolute Gasteiger partial charge is 0.101 e. The van der Waals surface area contributed by atoms with E-state index in [4.69, 9.17) is 5.26 Å². The van der Waals surface area contributed by atoms with Gasteiger partial charge in [0.05, 0.1) is 5.56 Å². The average Bonchev–Trinajstić information content (AvgIpc) is 2.15. The Kier molecular flexibility index (Phi) is 2.87. The Balaban J connectivity index is 2.86. The molecular weight excluding hydrogens is 148 g/mol. The zero-order valence-corrected chi connectivity index (χ0v) is 6.83. The van der Waals surface area contributed by atoms with E-state index in [9.17, 15) is 0 Å². The molecule has 0 radical (unpaired) electrons. The summed E-state index contributed by atoms with van der Waals surface area (Å²) in [4.78, 5) is 3.92. The van der Waals surface area contributed by atoms with Crippen LogP contribution < -0.4 is 0 Å². The maximum atomic E-state index is 8.56. The average molecular weight is 156 g/mol. The topological polar surface area (TPSA) is 36.7 Å². The third-order valence-corrected chi connectivity index (χ3v) is 1.39. The van der Waals surface area contributed by atoms with Crippen molar-refractivity contribution in [2.45, 2.75) is 13.3 Å². The summed E-state index contributed by atoms with van der Waals surface area (Å²) in [6, 6.07) is 3.84. The predicted octanol–water partition coefficient (Wildman–Crippen LogP) is 1.52. The third kappa shape index (κ3) is 2.11. The molecule has 1 aromatic heterocycles. The molecule has 2 heteroatoms. The van der Waals surface area contributed by atoms with Gasteiger partial charge < -0.3 is 0 Å². The van der Waals surface area contributed by atoms with Crippen LogP contribution in [0.3, 0.4) is 0 Å². The second-order valence-electron chi connectivity index (χ2n) is 2.30. The zero-order chi connectivity index (χ0) is 8.81. The maximum absolute atomic E-state index is 8.56. The van der Waals surface area contributed by atoms with E-state index in [0.29, 0.717) is 12.0 Å². The molecule has 58 valence electrons. The molecule has 0 aliphatic carbocycles. The van der Waals surface area contributed by atoms with E-state index in [-0.39, 0.29) is 0 Å². The van der Waals surface area contributed by atoms with Crippen molar-refractivity contribution in [3.63, 3.8) is 0 Å². The summed E-state index contributed by atoms with van der Waals surface area (Å²) in [5, 5.41) is 8.56. The minimum atomic E-state index is 0.588. The molecule has 1 heterocycles. The van der Waals surface area contributed by atoms with Crippen molar-refractivity contribution in [1.82, 2.24) is 4.98 Å². The number of aromatic nitrogens is 1. The van der Waals surface area contributed by atoms with Crippen LogP contribution >= 0.6 is 0 Å². The largest absolute Gasteiger partial charge is 0.263 e. The van der Waals surface area contributed by atoms with E-state index in [0.717, 1.165) is 5.56 Å². The zero-order valence-electron chi connectivity index (χ0n) is 6.83. The Labute approximate surface area is 71.9 Å². The highest BCUT2D eigenvalue weighted by Crippen LogP contribution is 2.01. The molecule has 0 aliphatic rings. The highest BCUT2D eigenvalue weighted by Gasteiger charge is 1.92. The molecular formula is C10H8N2. The molecule has 0 spiro atoms. The first kappa shape index (κ1) is 8.30. The minimum Gasteiger partial charge on any atom is -0.263 e. The standard InChI is InChI=1S/C10H8N2/c1-2-3-4-9-5-10(6-11)8-12-7-9/h5,7-8H,4H2,1H3. The molecule has 0 fully saturated rings. The first-order valence-electron chi connectivity index (χ1n) is 3.60. The van der Waals surface area contributed by atoms with E-state index in [1.54, 1.807) is 25.4 Å². The molecule has 0 bridgehead atoms. The van der Waals surface area contributed by atoms with Gasteiger partial charge in [0.15, 0.2) is 0 Å². The Morgan fingerprint density at radius 3 is 3.00 bits per heavy atom. The van der Waals surface area contributed by atoms with E-state index < -0.39 is 0 Å². The van der Waals surface area contributed by atoms with Crippen molar-refractivity contribution < 1.29 is 0 Å². The molecule has 0 unspecified atom stereocenters. The lowest BCUT2D eigenvalue weighted by Crippen LogP contribution is -1.85. The van der Waals surface area contributed by atoms with Gasteiger partial charge in [-0.15, -0.1) is 5.92 Å². The van der Waals surface area contributed by atoms with E-state index in [2.05, 4.69) is 16.8 Å². The van der Waals surface area contributed by atoms with Crippen LogP contribution in [0.2, 0.25) is 0 Å². The van der Waals surface area contributed by atoms with E-state index >= 15 is 0 Å². The van der Waals surface area contributed by atoms with Crippen molar-refractivity contribution in [3.05, 3.63) is 29.6 Å². The van der Waals surface area contributed by atoms with Gasteiger partial charge in [-0.3, -0.25) is 4.98 Å². The van der Waals surface area contributed by atoms with Crippen LogP contribution in [0.4, 0.5) is 0 Å². The highest BCUT2D eigenvalue weighted by atomic mass is 14.6. The molecule has 0 amide bonds. The predicted molar refractivity (Wildman–Crippen MR) is 46.1 cm³/mol. The van der Waals surface area contributed by atoms with Gasteiger partial charge in [-0.25, -0.2) is 0 Å². The summed E-state index contributed by atoms with van der Waals surface area (Å²) < 4.78 is 0. The van der Waals surface area contributed by atoms with Crippen LogP contribution in [-0.2, 0) is 6.42 Å². The van der Waals surface area contributed by atoms with Crippen LogP contribution in [0.15, 0.2) is 18.5 Å². The lowest BCUT2D eigenvalue weighted by atomic mass is 10.2. The SMILES string of the molecule is CC#CCc1cncc(C#N)c1. The van der Waals surface area contributed by atoms with Crippen molar-refractivity contribution in [2.75, 3.05) is 0 Å². The van der Waals surface area contributed by atoms with Crippen molar-refractivity contribution >= 4 is 0 Å². The van der Waals surface area contributed by atoms with Gasteiger partial charge in [0, 0.05) is 18.8 Å². The molecule has 1 rings (SSSR count). The van der Waals surface area contributed by atoms with Crippen molar-refractivity contribution in [2.24, 2.45) is 0 Å². The fraction of sp³-hybridized carbons (Fsp3) is 0.200. The van der Waals surface area contributed by atoms with Gasteiger partial charge >= 0.3 is 0 Å². The summed E-state index contributed by atoms with van der Waals surface area (Å²) in [6.45, 7) is 1.79. The Morgan fingerprint density at radius 1 is 1.50 bits per heavy atom. The fourth-order valence-electron chi connectivity index (χ4n) is 0.836. The summed E-state index contributed by atoms with van der Waals surface area (Å²) >= 11 is 0. The number of nitriles is 1. The Bertz CT molecular complexity index is 363. The number of nitrogens with zero attached hydrogens (tertiary/aromatic N) is 2. The Hall–Kier alpha value is -1.80. The van der Waals surface area contributed by atoms with Crippen molar-refractivity contribution in [3.8, 4) is 17.9 Å². The summed E-state index contributed by atoms with van der Waals surface area (Å²) in [5.41, 5.74) is 1.58. The molecule has 12 heavy (non-hydrogen) atoms. The Morgan fingerprint density at radius 2 is 2.33 bits per heavy atom. The van der Waals surface area contributed by atoms with Gasteiger partial charge in [-0.2, -0.15) is 5.26 Å². The minimum absolute atomic E-state index is 0.588. The van der Waals surface area contributed by atoms with Crippen LogP contribution in [0.25, 0.3) is 0 Å². The van der Waals surface area contributed by atoms with Gasteiger partial charge in [0.2, 0.25) is 0 Å². The van der Waals surface area contributed by atoms with Crippen molar-refractivity contribution in [1.29, 1.82) is 5.26 Å². The van der Waals surface area contributed by atoms with Crippen LogP contribution in [0, 0.1) is 23.2 Å². The summed E-state index contributed by atoms with van der Waals surface area (Å²) in [6.07, 6.45) is 3.94. The van der Waals surface area contributed by atoms with Gasteiger partial charge in [0.25, 0.3) is 0 Å². The lowest BCUT2D eigenvalue weighted by Gasteiger charge is -1.92. The molecule has 0 atom stereocenters. The van der Waals surface area contributed by atoms with Crippen LogP contribution in [-0.4, -0.2) is 4.98 Å². The number of hydrogen-bond donors (Lipinski definition) is 0. The lowest BCUT2D eigenvalue weighted by molar-refractivity contribution is 1.20. The molecule has 0 N–H and O–H groups in total. The first-order chi connectivity index (χ1) is 5.86. The van der Waals surface area contributed by atoms with Gasteiger partial charge in [-0.1, -0.05) is 5.92 Å². The summed E-state index contributed by atoms with van der Waals surface area (Å²) in [7, 11) is 0. The second kappa shape index (κ2) is 4.16. The molecule has 0 aromatic carbocycles. The van der Waals surface area contributed by atoms with Crippen LogP contribution in [0.1, 0.15) is 18.1 Å². The van der Waals surface area contributed by atoms with E-state index in [1.807, 2.05) is 6.07 Å². The number of rotatable bonds is 1. The molecule has 2 nitrogen and oxygen atoms in total. The highest BCUT2D eigenvalue weighted by molar-refractivity contribution is 5.30. The molecule has 0 saturated carbocycles. The normalized spacial score (nSPS) is 8.00. The summed E-state index contributed by atoms with van der Waals surface area (Å²) in [5.74, 6) is 5.71. The third-order valence-electron chi connectivity index (χ3n) is 1.39. The monoisotopic (exact) mass is 156 g/mol. The fourth-order valence-corrected chi connectivity index (χ4v) is 0.836. The second-order valence-corrected chi connectivity index (χ2v) is 2.30. The quantitative estimate of drug-likeness (QED) is 0.578. The molecule has 0 aliphatic heterocycles. The van der Waals surface area contributed by atoms with Crippen LogP contribution in [0.5, 0.6) is 0 Å². The van der Waals surface area contributed by atoms with Gasteiger partial charge in [-0.05, 0) is 18.6 Å². The maximum Gasteiger partial charge on any atom is 0.101 e. The number of hydrogen-bond acceptors (Lipinski definition) is 2. The van der Waals surface area contributed by atoms with E-state index in [1.165, 1.54) is 0 Å². The first-order valence-corrected chi connectivity index (χ1v) is 3.60.